The van der Waals surface area contributed by atoms with Crippen LogP contribution in [0.15, 0.2) is 12.7 Å². The molecule has 0 aliphatic carbocycles. The maximum absolute atomic E-state index is 14.4. The van der Waals surface area contributed by atoms with Gasteiger partial charge < -0.3 is 138 Å². The van der Waals surface area contributed by atoms with E-state index in [9.17, 15) is 59.4 Å². The van der Waals surface area contributed by atoms with Crippen molar-refractivity contribution in [1.29, 1.82) is 0 Å². The van der Waals surface area contributed by atoms with Gasteiger partial charge in [0.25, 0.3) is 0 Å². The number of nitrogens with one attached hydrogen (secondary N) is 5. The molecule has 6 rings (SSSR count). The number of nitrogens with zero attached hydrogens (tertiary/aromatic N) is 1. The zero-order valence-corrected chi connectivity index (χ0v) is 79.1. The van der Waals surface area contributed by atoms with E-state index >= 15 is 0 Å². The maximum atomic E-state index is 14.4. The molecule has 6 heterocycles. The molecule has 0 aromatic heterocycles. The van der Waals surface area contributed by atoms with E-state index in [0.717, 1.165) is 32.3 Å². The number of hydrogen-bond acceptors (Lipinski definition) is 32. The molecule has 34 nitrogen and oxygen atoms in total. The molecule has 6 aliphatic rings. The van der Waals surface area contributed by atoms with E-state index in [1.54, 1.807) is 104 Å². The summed E-state index contributed by atoms with van der Waals surface area (Å²) in [5.74, 6) is -8.46. The molecule has 0 aromatic carbocycles. The summed E-state index contributed by atoms with van der Waals surface area (Å²) in [7, 11) is 9.51. The molecule has 0 bridgehead atoms. The van der Waals surface area contributed by atoms with Crippen LogP contribution in [0, 0.1) is 35.5 Å². The second kappa shape index (κ2) is 48.9. The van der Waals surface area contributed by atoms with Crippen LogP contribution in [0.5, 0.6) is 0 Å². The fraction of sp³-hybridized carbons (Fsp3) is 0.909. The quantitative estimate of drug-likeness (QED) is 0.0292. The third-order valence-electron chi connectivity index (χ3n) is 26.4. The van der Waals surface area contributed by atoms with Gasteiger partial charge in [-0.05, 0) is 176 Å². The van der Waals surface area contributed by atoms with Crippen LogP contribution in [0.2, 0.25) is 0 Å². The number of carbonyl (C=O) groups is 6. The number of rotatable bonds is 26. The third-order valence-corrected chi connectivity index (χ3v) is 26.4. The molecule has 122 heavy (non-hydrogen) atoms. The minimum atomic E-state index is -1.97. The highest BCUT2D eigenvalue weighted by atomic mass is 16.7. The smallest absolute Gasteiger partial charge is 0.330 e. The average molecular weight is 1750 g/mol. The minimum Gasteiger partial charge on any atom is -0.459 e. The van der Waals surface area contributed by atoms with Crippen molar-refractivity contribution in [3.05, 3.63) is 12.7 Å². The van der Waals surface area contributed by atoms with Gasteiger partial charge in [0.1, 0.15) is 59.0 Å². The number of aliphatic hydroxyl groups excluding tert-OH is 4. The number of aliphatic hydroxyl groups is 6. The molecule has 0 aromatic rings. The summed E-state index contributed by atoms with van der Waals surface area (Å²) >= 11 is 0. The van der Waals surface area contributed by atoms with Crippen LogP contribution in [0.3, 0.4) is 0 Å². The van der Waals surface area contributed by atoms with Gasteiger partial charge in [-0.3, -0.25) is 24.0 Å². The van der Waals surface area contributed by atoms with E-state index in [1.807, 2.05) is 48.5 Å². The first-order valence-corrected chi connectivity index (χ1v) is 44.3. The molecule has 6 fully saturated rings. The highest BCUT2D eigenvalue weighted by Crippen LogP contribution is 2.45. The second-order valence-corrected chi connectivity index (χ2v) is 36.0. The SMILES string of the molecule is C=CC(=O)OC1[C@H](C)O[C@@H](O[C@H]2[C@H](C)[C@@H](O[C@@H]3O[C@H](C)C[C@H](NC)[C@H]3O)[C@](C)(OC)C[C@@H](C)C(=O)N[C@H](C)[C@@H](O)[C@](C)(O)[C@@H](CC)OC(=O)[C@@H]2C)C[C@@]1(C)OC.CCNCC.CC[C@H]1OC(=O)[C@H](C)[C@@H](O[C@H]2C[C@@](C)(OC)C(OC(=O)CCN(CC)CC)[C@H](C)O2)[C@H](C)[C@@H](O[C@@H]2O[C@H](C)C[C@H](NC)[C@H]2O)[C@](C)(OC)C[C@@H](C)C(=O)N[C@H](C)[C@@H](O)[C@]1(C)O. The van der Waals surface area contributed by atoms with Crippen LogP contribution in [0.4, 0.5) is 0 Å². The highest BCUT2D eigenvalue weighted by molar-refractivity contribution is 5.81. The molecule has 712 valence electrons. The molecule has 0 spiro atoms. The van der Waals surface area contributed by atoms with Crippen molar-refractivity contribution in [2.24, 2.45) is 35.5 Å². The number of likely N-dealkylation sites (N-methyl/N-ethyl adjacent to an activating group) is 2. The predicted octanol–water partition coefficient (Wildman–Crippen LogP) is 5.43. The van der Waals surface area contributed by atoms with Crippen LogP contribution >= 0.6 is 0 Å². The Labute approximate surface area is 727 Å². The topological polar surface area (TPSA) is 435 Å². The first kappa shape index (κ1) is 110. The number of amides is 2. The Morgan fingerprint density at radius 1 is 0.516 bits per heavy atom. The van der Waals surface area contributed by atoms with Crippen LogP contribution in [-0.4, -0.2) is 327 Å². The van der Waals surface area contributed by atoms with Gasteiger partial charge in [0.05, 0.1) is 90.4 Å². The molecule has 11 N–H and O–H groups in total. The molecule has 36 atom stereocenters. The van der Waals surface area contributed by atoms with Crippen molar-refractivity contribution in [1.82, 2.24) is 31.5 Å². The summed E-state index contributed by atoms with van der Waals surface area (Å²) < 4.78 is 101. The summed E-state index contributed by atoms with van der Waals surface area (Å²) in [6, 6.07) is -2.60. The summed E-state index contributed by atoms with van der Waals surface area (Å²) in [4.78, 5) is 83.9. The Kier molecular flexibility index (Phi) is 44.1. The van der Waals surface area contributed by atoms with Crippen LogP contribution < -0.4 is 26.6 Å². The maximum Gasteiger partial charge on any atom is 0.330 e. The number of carbonyl (C=O) groups excluding carboxylic acids is 6. The average Bonchev–Trinajstić information content (AvgIpc) is 0.979. The molecule has 6 aliphatic heterocycles. The first-order chi connectivity index (χ1) is 56.9. The van der Waals surface area contributed by atoms with Gasteiger partial charge in [-0.2, -0.15) is 0 Å². The molecule has 2 amide bonds. The molecule has 0 radical (unpaired) electrons. The zero-order chi connectivity index (χ0) is 92.8. The monoisotopic (exact) mass is 1750 g/mol. The number of methoxy groups -OCH3 is 4. The lowest BCUT2D eigenvalue weighted by atomic mass is 9.77. The van der Waals surface area contributed by atoms with Crippen LogP contribution in [0.25, 0.3) is 0 Å². The van der Waals surface area contributed by atoms with Gasteiger partial charge in [0, 0.05) is 89.7 Å². The van der Waals surface area contributed by atoms with Crippen molar-refractivity contribution in [2.75, 3.05) is 75.3 Å². The molecule has 0 saturated carbocycles. The van der Waals surface area contributed by atoms with E-state index in [-0.39, 0.29) is 75.2 Å². The lowest BCUT2D eigenvalue weighted by Crippen LogP contribution is -2.61. The van der Waals surface area contributed by atoms with E-state index in [0.29, 0.717) is 19.4 Å². The Balaban J connectivity index is 0.000000486. The van der Waals surface area contributed by atoms with Gasteiger partial charge in [0.15, 0.2) is 37.4 Å². The largest absolute Gasteiger partial charge is 0.459 e. The van der Waals surface area contributed by atoms with E-state index < -0.39 is 222 Å². The van der Waals surface area contributed by atoms with E-state index in [2.05, 4.69) is 51.9 Å². The number of ether oxygens (including phenoxy) is 16. The lowest BCUT2D eigenvalue weighted by Gasteiger charge is -2.49. The minimum absolute atomic E-state index is 0.0698. The van der Waals surface area contributed by atoms with Gasteiger partial charge in [-0.1, -0.05) is 75.8 Å². The van der Waals surface area contributed by atoms with E-state index in [4.69, 9.17) is 75.8 Å². The first-order valence-electron chi connectivity index (χ1n) is 44.3. The molecule has 2 unspecified atom stereocenters. The van der Waals surface area contributed by atoms with Crippen molar-refractivity contribution < 1.29 is 135 Å². The van der Waals surface area contributed by atoms with Crippen molar-refractivity contribution in [3.8, 4) is 0 Å². The summed E-state index contributed by atoms with van der Waals surface area (Å²) in [5, 5.41) is 84.2. The Morgan fingerprint density at radius 3 is 1.16 bits per heavy atom. The molecule has 6 saturated heterocycles. The summed E-state index contributed by atoms with van der Waals surface area (Å²) in [6.45, 7) is 50.2. The Hall–Kier alpha value is -4.32. The third kappa shape index (κ3) is 28.1. The highest BCUT2D eigenvalue weighted by Gasteiger charge is 2.58. The summed E-state index contributed by atoms with van der Waals surface area (Å²) in [5.41, 5.74) is -8.67. The zero-order valence-electron chi connectivity index (χ0n) is 79.1. The number of hydrogen-bond donors (Lipinski definition) is 11. The van der Waals surface area contributed by atoms with Gasteiger partial charge in [0.2, 0.25) is 11.8 Å². The Bertz CT molecular complexity index is 3200. The molecular formula is C88H162N6O28. The normalized spacial score (nSPS) is 43.3. The molecular weight excluding hydrogens is 1590 g/mol. The summed E-state index contributed by atoms with van der Waals surface area (Å²) in [6.07, 6.45) is -16.8. The predicted molar refractivity (Wildman–Crippen MR) is 454 cm³/mol. The van der Waals surface area contributed by atoms with Crippen molar-refractivity contribution in [2.45, 2.75) is 405 Å². The fourth-order valence-corrected chi connectivity index (χ4v) is 18.3. The number of cyclic esters (lactones) is 2. The van der Waals surface area contributed by atoms with Gasteiger partial charge in [-0.15, -0.1) is 0 Å². The van der Waals surface area contributed by atoms with Crippen LogP contribution in [-0.2, 0) is 105 Å². The molecule has 34 heteroatoms. The van der Waals surface area contributed by atoms with Crippen LogP contribution in [0.1, 0.15) is 224 Å². The second-order valence-electron chi connectivity index (χ2n) is 36.0. The Morgan fingerprint density at radius 2 is 0.861 bits per heavy atom. The van der Waals surface area contributed by atoms with Crippen molar-refractivity contribution in [3.63, 3.8) is 0 Å². The van der Waals surface area contributed by atoms with E-state index in [1.165, 1.54) is 42.3 Å². The standard InChI is InChI=1S/C44H81N3O14.C40H70N2O14.C4H11N/c1-16-31-44(12,53)36(50)28(8)46-39(51)24(4)22-42(10,54-14)37(61-41-34(49)30(45-13)21-25(5)56-41)26(6)35(27(7)40(52)58-31)60-33-23-43(11,55-15)38(29(9)57-33)59-32(48)19-20-47(17-2)18-3;1-15-27-40(11,48)32(45)24(7)42-35(46)20(3)18-38(9,49-13)33(56-37-30(44)26(41-12)17-21(4)51-37)22(5)31(23(6)36(47)53-27)55-29-19-39(10,50-14)34(25(8)52-29)54-28(43)16-2;1-3-5-4-2/h24-31,33-38,41,45,49-50,53H,16-23H2,1-15H3,(H,46,51);16,20-27,29-34,37,41,44-45,48H,2,15,17-19H2,1,3-14H3,(H,42,46);5H,3-4H2,1-2H3/t24-,25-,26+,27-,28-,29+,30+,31-,33+,34-,35+,36-,37-,38?,41+,42-,43-,44-;20-,21-,22+,23-,24-,25+,26+,27-,29+,30-,31+,32-,33-,34?,37+,38-,39-,40-;/m11./s1. The van der Waals surface area contributed by atoms with Gasteiger partial charge in [-0.25, -0.2) is 4.79 Å². The van der Waals surface area contributed by atoms with Gasteiger partial charge >= 0.3 is 23.9 Å². The van der Waals surface area contributed by atoms with Crippen molar-refractivity contribution >= 4 is 35.7 Å². The lowest BCUT2D eigenvalue weighted by molar-refractivity contribution is -0.318. The number of esters is 4. The fourth-order valence-electron chi connectivity index (χ4n) is 18.3.